The molecule has 0 spiro atoms. The quantitative estimate of drug-likeness (QED) is 0.211. The van der Waals surface area contributed by atoms with E-state index in [0.29, 0.717) is 6.61 Å². The van der Waals surface area contributed by atoms with Crippen LogP contribution in [0.4, 0.5) is 0 Å². The third-order valence-electron chi connectivity index (χ3n) is 6.75. The normalized spacial score (nSPS) is 36.2. The summed E-state index contributed by atoms with van der Waals surface area (Å²) in [5.74, 6) is -1.11. The van der Waals surface area contributed by atoms with Gasteiger partial charge in [-0.2, -0.15) is 5.10 Å². The van der Waals surface area contributed by atoms with Crippen LogP contribution < -0.4 is 0 Å². The highest BCUT2D eigenvalue weighted by atomic mass is 28.4. The van der Waals surface area contributed by atoms with E-state index in [4.69, 9.17) is 33.2 Å². The first-order valence-electron chi connectivity index (χ1n) is 11.7. The van der Waals surface area contributed by atoms with E-state index in [1.165, 1.54) is 0 Å². The first-order valence-corrected chi connectivity index (χ1v) is 18.3. The Hall–Kier alpha value is -0.336. The van der Waals surface area contributed by atoms with E-state index in [-0.39, 0.29) is 42.4 Å². The van der Waals surface area contributed by atoms with Crippen LogP contribution in [0.5, 0.6) is 0 Å². The van der Waals surface area contributed by atoms with Crippen LogP contribution in [0.25, 0.3) is 0 Å². The van der Waals surface area contributed by atoms with Gasteiger partial charge in [0.05, 0.1) is 0 Å². The number of ether oxygens (including phenoxy) is 5. The molecular formula is C22H44N2O6Si2. The molecular weight excluding hydrogens is 444 g/mol. The number of hydrogen-bond donors (Lipinski definition) is 0. The molecule has 186 valence electrons. The lowest BCUT2D eigenvalue weighted by molar-refractivity contribution is -0.491. The van der Waals surface area contributed by atoms with E-state index in [9.17, 15) is 0 Å². The Bertz CT molecular complexity index is 706. The Labute approximate surface area is 196 Å². The van der Waals surface area contributed by atoms with Gasteiger partial charge < -0.3 is 33.1 Å². The first kappa shape index (κ1) is 26.3. The summed E-state index contributed by atoms with van der Waals surface area (Å²) < 4.78 is 37.6. The van der Waals surface area contributed by atoms with Crippen LogP contribution in [-0.2, 0) is 28.1 Å². The van der Waals surface area contributed by atoms with Gasteiger partial charge in [0.15, 0.2) is 8.32 Å². The summed E-state index contributed by atoms with van der Waals surface area (Å²) >= 11 is 0. The summed E-state index contributed by atoms with van der Waals surface area (Å²) in [4.78, 5) is 0. The van der Waals surface area contributed by atoms with E-state index in [1.807, 2.05) is 21.0 Å². The summed E-state index contributed by atoms with van der Waals surface area (Å²) in [6, 6.07) is 1.10. The molecule has 0 aromatic carbocycles. The van der Waals surface area contributed by atoms with Gasteiger partial charge in [-0.1, -0.05) is 40.4 Å². The van der Waals surface area contributed by atoms with Crippen molar-refractivity contribution in [1.82, 2.24) is 5.01 Å². The summed E-state index contributed by atoms with van der Waals surface area (Å²) in [6.07, 6.45) is -1.69. The van der Waals surface area contributed by atoms with E-state index < -0.39 is 22.4 Å². The van der Waals surface area contributed by atoms with Crippen molar-refractivity contribution in [2.24, 2.45) is 5.10 Å². The monoisotopic (exact) mass is 488 g/mol. The highest BCUT2D eigenvalue weighted by Gasteiger charge is 2.66. The van der Waals surface area contributed by atoms with E-state index >= 15 is 0 Å². The molecule has 4 unspecified atom stereocenters. The number of rotatable bonds is 9. The van der Waals surface area contributed by atoms with Gasteiger partial charge in [-0.15, -0.1) is 0 Å². The van der Waals surface area contributed by atoms with Gasteiger partial charge in [-0.05, 0) is 24.2 Å². The van der Waals surface area contributed by atoms with Crippen LogP contribution in [0.2, 0.25) is 43.8 Å². The van der Waals surface area contributed by atoms with Gasteiger partial charge in [-0.3, -0.25) is 0 Å². The van der Waals surface area contributed by atoms with Crippen LogP contribution in [0.3, 0.4) is 0 Å². The molecule has 0 aromatic heterocycles. The molecule has 1 aliphatic carbocycles. The van der Waals surface area contributed by atoms with Gasteiger partial charge in [0.2, 0.25) is 0 Å². The maximum Gasteiger partial charge on any atom is 0.281 e. The fraction of sp³-hybridized carbons (Fsp3) is 0.955. The minimum Gasteiger partial charge on any atom is -0.408 e. The van der Waals surface area contributed by atoms with E-state index in [2.05, 4.69) is 53.5 Å². The SMILES string of the molecule is CN(C)/N=C1\C2OC3(C)OC(C(OCOCC[Si](C)(C)C)[C@@H]1O3)[C@@H]2O[Si](C)(C)C(C)(C)C. The van der Waals surface area contributed by atoms with Crippen molar-refractivity contribution in [2.75, 3.05) is 27.5 Å². The maximum atomic E-state index is 6.86. The molecule has 4 aliphatic rings. The second-order valence-corrected chi connectivity index (χ2v) is 22.6. The second kappa shape index (κ2) is 9.03. The summed E-state index contributed by atoms with van der Waals surface area (Å²) in [5.41, 5.74) is 0.794. The minimum atomic E-state index is -2.11. The molecule has 3 heterocycles. The van der Waals surface area contributed by atoms with E-state index in [0.717, 1.165) is 11.8 Å². The van der Waals surface area contributed by atoms with Crippen LogP contribution in [0, 0.1) is 0 Å². The molecule has 3 saturated heterocycles. The minimum absolute atomic E-state index is 0.0528. The highest BCUT2D eigenvalue weighted by Crippen LogP contribution is 2.48. The molecule has 4 fully saturated rings. The molecule has 8 nitrogen and oxygen atoms in total. The Balaban J connectivity index is 1.82. The zero-order chi connectivity index (χ0) is 24.1. The summed E-state index contributed by atoms with van der Waals surface area (Å²) in [5, 5.41) is 6.57. The zero-order valence-electron chi connectivity index (χ0n) is 21.9. The summed E-state index contributed by atoms with van der Waals surface area (Å²) in [6.45, 7) is 20.9. The lowest BCUT2D eigenvalue weighted by Crippen LogP contribution is -2.78. The Morgan fingerprint density at radius 1 is 1.00 bits per heavy atom. The van der Waals surface area contributed by atoms with Gasteiger partial charge in [0.25, 0.3) is 5.97 Å². The number of nitrogens with zero attached hydrogens (tertiary/aromatic N) is 2. The Kier molecular flexibility index (Phi) is 7.41. The lowest BCUT2D eigenvalue weighted by Gasteiger charge is -2.61. The molecule has 4 bridgehead atoms. The molecule has 4 rings (SSSR count). The van der Waals surface area contributed by atoms with Crippen LogP contribution >= 0.6 is 0 Å². The fourth-order valence-corrected chi connectivity index (χ4v) is 6.00. The van der Waals surface area contributed by atoms with Gasteiger partial charge in [-0.25, -0.2) is 0 Å². The predicted molar refractivity (Wildman–Crippen MR) is 130 cm³/mol. The van der Waals surface area contributed by atoms with Crippen molar-refractivity contribution >= 4 is 22.1 Å². The van der Waals surface area contributed by atoms with Gasteiger partial charge in [0.1, 0.15) is 43.0 Å². The molecule has 32 heavy (non-hydrogen) atoms. The van der Waals surface area contributed by atoms with Gasteiger partial charge in [0, 0.05) is 35.7 Å². The molecule has 6 atom stereocenters. The number of hydrazone groups is 1. The molecule has 0 aromatic rings. The van der Waals surface area contributed by atoms with Crippen molar-refractivity contribution in [3.05, 3.63) is 0 Å². The standard InChI is InChI=1S/C22H44N2O6Si2/c1-21(2,3)32(10,11)30-20-17-15(23-24(5)6)16-18(19(20)29-22(4,27-16)28-17)26-14-25-12-13-31(7,8)9/h16-20H,12-14H2,1-11H3/b23-15-/t16-,17?,18?,19?,20-,22?/m1/s1. The van der Waals surface area contributed by atoms with Crippen molar-refractivity contribution in [3.63, 3.8) is 0 Å². The highest BCUT2D eigenvalue weighted by molar-refractivity contribution is 6.76. The lowest BCUT2D eigenvalue weighted by atomic mass is 9.82. The van der Waals surface area contributed by atoms with Crippen molar-refractivity contribution in [3.8, 4) is 0 Å². The smallest absolute Gasteiger partial charge is 0.281 e. The van der Waals surface area contributed by atoms with Crippen molar-refractivity contribution in [1.29, 1.82) is 0 Å². The molecule has 10 heteroatoms. The van der Waals surface area contributed by atoms with Crippen LogP contribution in [0.1, 0.15) is 27.7 Å². The molecule has 3 aliphatic heterocycles. The van der Waals surface area contributed by atoms with Crippen molar-refractivity contribution < 1.29 is 28.1 Å². The second-order valence-electron chi connectivity index (χ2n) is 12.2. The topological polar surface area (TPSA) is 71.0 Å². The van der Waals surface area contributed by atoms with E-state index in [1.54, 1.807) is 5.01 Å². The average molecular weight is 489 g/mol. The zero-order valence-corrected chi connectivity index (χ0v) is 23.9. The molecule has 0 amide bonds. The third kappa shape index (κ3) is 5.65. The number of hydrogen-bond acceptors (Lipinski definition) is 8. The Morgan fingerprint density at radius 2 is 1.59 bits per heavy atom. The summed E-state index contributed by atoms with van der Waals surface area (Å²) in [7, 11) is 0.536. The largest absolute Gasteiger partial charge is 0.408 e. The first-order chi connectivity index (χ1) is 14.5. The molecule has 1 saturated carbocycles. The van der Waals surface area contributed by atoms with Crippen LogP contribution in [0.15, 0.2) is 5.10 Å². The Morgan fingerprint density at radius 3 is 2.12 bits per heavy atom. The van der Waals surface area contributed by atoms with Crippen LogP contribution in [-0.4, -0.2) is 91.1 Å². The average Bonchev–Trinajstić information content (AvgIpc) is 2.59. The molecule has 0 radical (unpaired) electrons. The third-order valence-corrected chi connectivity index (χ3v) is 12.9. The van der Waals surface area contributed by atoms with Gasteiger partial charge >= 0.3 is 0 Å². The van der Waals surface area contributed by atoms with Crippen molar-refractivity contribution in [2.45, 2.75) is 108 Å². The maximum absolute atomic E-state index is 6.86. The molecule has 0 N–H and O–H groups in total. The predicted octanol–water partition coefficient (Wildman–Crippen LogP) is 3.86. The fourth-order valence-electron chi connectivity index (χ4n) is 3.95.